The number of fused-ring (bicyclic) bond motifs is 1. The third-order valence-electron chi connectivity index (χ3n) is 4.32. The van der Waals surface area contributed by atoms with E-state index in [-0.39, 0.29) is 12.1 Å². The fourth-order valence-corrected chi connectivity index (χ4v) is 3.32. The van der Waals surface area contributed by atoms with Crippen LogP contribution in [-0.4, -0.2) is 27.0 Å². The van der Waals surface area contributed by atoms with Gasteiger partial charge in [0, 0.05) is 12.0 Å². The molecule has 124 valence electrons. The van der Waals surface area contributed by atoms with Gasteiger partial charge in [-0.25, -0.2) is 13.2 Å². The van der Waals surface area contributed by atoms with Gasteiger partial charge in [0.05, 0.1) is 18.2 Å². The summed E-state index contributed by atoms with van der Waals surface area (Å²) in [6.45, 7) is 0. The Balaban J connectivity index is 2.08. The van der Waals surface area contributed by atoms with Crippen molar-refractivity contribution in [3.8, 4) is 0 Å². The number of rotatable bonds is 1. The molecule has 2 aliphatic rings. The monoisotopic (exact) mass is 328 g/mol. The van der Waals surface area contributed by atoms with E-state index in [0.717, 1.165) is 4.68 Å². The molecule has 1 aromatic rings. The van der Waals surface area contributed by atoms with Gasteiger partial charge in [0.25, 0.3) is 5.92 Å². The predicted octanol–water partition coefficient (Wildman–Crippen LogP) is 3.58. The highest BCUT2D eigenvalue weighted by Crippen LogP contribution is 2.49. The van der Waals surface area contributed by atoms with E-state index in [1.54, 1.807) is 0 Å². The molecule has 1 aromatic heterocycles. The van der Waals surface area contributed by atoms with Crippen molar-refractivity contribution in [3.63, 3.8) is 0 Å². The first kappa shape index (κ1) is 15.6. The molecule has 0 amide bonds. The van der Waals surface area contributed by atoms with E-state index in [9.17, 15) is 31.4 Å². The lowest BCUT2D eigenvalue weighted by atomic mass is 9.94. The maximum absolute atomic E-state index is 13.6. The van der Waals surface area contributed by atoms with Crippen LogP contribution >= 0.6 is 0 Å². The maximum Gasteiger partial charge on any atom is 0.435 e. The largest absolute Gasteiger partial charge is 0.435 e. The third-order valence-corrected chi connectivity index (χ3v) is 4.32. The zero-order valence-electron chi connectivity index (χ0n) is 11.4. The van der Waals surface area contributed by atoms with Gasteiger partial charge >= 0.3 is 6.18 Å². The fraction of sp³-hybridized carbons (Fsp3) is 0.769. The molecule has 0 radical (unpaired) electrons. The van der Waals surface area contributed by atoms with E-state index in [2.05, 4.69) is 5.10 Å². The van der Waals surface area contributed by atoms with E-state index >= 15 is 0 Å². The molecule has 3 nitrogen and oxygen atoms in total. The van der Waals surface area contributed by atoms with Gasteiger partial charge in [-0.1, -0.05) is 0 Å². The maximum atomic E-state index is 13.6. The SMILES string of the molecule is O[C@H]1c2c(C(F)(F)F)nn([C@@H]3CCC[C@H](F)C3)c2CC1(F)F. The van der Waals surface area contributed by atoms with Crippen LogP contribution in [0.5, 0.6) is 0 Å². The van der Waals surface area contributed by atoms with Crippen molar-refractivity contribution < 1.29 is 31.4 Å². The number of aromatic nitrogens is 2. The van der Waals surface area contributed by atoms with Gasteiger partial charge < -0.3 is 5.11 Å². The Kier molecular flexibility index (Phi) is 3.46. The van der Waals surface area contributed by atoms with Gasteiger partial charge in [-0.15, -0.1) is 0 Å². The molecule has 22 heavy (non-hydrogen) atoms. The fourth-order valence-electron chi connectivity index (χ4n) is 3.32. The lowest BCUT2D eigenvalue weighted by Gasteiger charge is -2.26. The highest BCUT2D eigenvalue weighted by molar-refractivity contribution is 5.38. The van der Waals surface area contributed by atoms with Crippen LogP contribution in [0.15, 0.2) is 0 Å². The van der Waals surface area contributed by atoms with E-state index < -0.39 is 48.1 Å². The van der Waals surface area contributed by atoms with E-state index in [0.29, 0.717) is 19.3 Å². The van der Waals surface area contributed by atoms with E-state index in [4.69, 9.17) is 0 Å². The Hall–Kier alpha value is -1.25. The smallest absolute Gasteiger partial charge is 0.382 e. The summed E-state index contributed by atoms with van der Waals surface area (Å²) in [6, 6.07) is -0.685. The van der Waals surface area contributed by atoms with Crippen molar-refractivity contribution in [1.29, 1.82) is 0 Å². The van der Waals surface area contributed by atoms with E-state index in [1.807, 2.05) is 0 Å². The summed E-state index contributed by atoms with van der Waals surface area (Å²) < 4.78 is 80.7. The van der Waals surface area contributed by atoms with Crippen molar-refractivity contribution in [2.45, 2.75) is 62.5 Å². The van der Waals surface area contributed by atoms with Crippen LogP contribution in [0.1, 0.15) is 54.8 Å². The molecule has 0 aliphatic heterocycles. The van der Waals surface area contributed by atoms with Crippen LogP contribution < -0.4 is 0 Å². The summed E-state index contributed by atoms with van der Waals surface area (Å²) in [4.78, 5) is 0. The number of alkyl halides is 6. The Morgan fingerprint density at radius 2 is 1.91 bits per heavy atom. The number of nitrogens with zero attached hydrogens (tertiary/aromatic N) is 2. The predicted molar refractivity (Wildman–Crippen MR) is 63.2 cm³/mol. The van der Waals surface area contributed by atoms with Crippen molar-refractivity contribution in [1.82, 2.24) is 9.78 Å². The number of aliphatic hydroxyl groups excluding tert-OH is 1. The molecular formula is C13H14F6N2O. The van der Waals surface area contributed by atoms with Crippen LogP contribution in [0.2, 0.25) is 0 Å². The van der Waals surface area contributed by atoms with Gasteiger partial charge in [0.2, 0.25) is 0 Å². The minimum Gasteiger partial charge on any atom is -0.382 e. The first-order chi connectivity index (χ1) is 10.1. The number of halogens is 6. The minimum atomic E-state index is -4.94. The molecule has 3 rings (SSSR count). The Labute approximate surface area is 121 Å². The van der Waals surface area contributed by atoms with Crippen LogP contribution in [-0.2, 0) is 12.6 Å². The molecule has 0 unspecified atom stereocenters. The average Bonchev–Trinajstić information content (AvgIpc) is 2.85. The summed E-state index contributed by atoms with van der Waals surface area (Å²) >= 11 is 0. The van der Waals surface area contributed by atoms with Crippen molar-refractivity contribution in [2.24, 2.45) is 0 Å². The molecule has 0 saturated heterocycles. The summed E-state index contributed by atoms with van der Waals surface area (Å²) in [5.41, 5.74) is -2.68. The number of hydrogen-bond donors (Lipinski definition) is 1. The molecule has 3 atom stereocenters. The van der Waals surface area contributed by atoms with Crippen LogP contribution in [0.3, 0.4) is 0 Å². The molecule has 1 N–H and O–H groups in total. The van der Waals surface area contributed by atoms with Crippen LogP contribution in [0, 0.1) is 0 Å². The second kappa shape index (κ2) is 4.87. The Morgan fingerprint density at radius 1 is 1.23 bits per heavy atom. The summed E-state index contributed by atoms with van der Waals surface area (Å²) in [5, 5.41) is 12.9. The van der Waals surface area contributed by atoms with Crippen molar-refractivity contribution >= 4 is 0 Å². The zero-order valence-corrected chi connectivity index (χ0v) is 11.4. The molecule has 1 saturated carbocycles. The first-order valence-corrected chi connectivity index (χ1v) is 6.99. The average molecular weight is 328 g/mol. The van der Waals surface area contributed by atoms with Gasteiger partial charge in [-0.05, 0) is 19.3 Å². The molecule has 2 aliphatic carbocycles. The van der Waals surface area contributed by atoms with Crippen LogP contribution in [0.25, 0.3) is 0 Å². The lowest BCUT2D eigenvalue weighted by Crippen LogP contribution is -2.27. The summed E-state index contributed by atoms with van der Waals surface area (Å²) in [5.74, 6) is -3.67. The Morgan fingerprint density at radius 3 is 2.50 bits per heavy atom. The van der Waals surface area contributed by atoms with Crippen molar-refractivity contribution in [3.05, 3.63) is 17.0 Å². The normalized spacial score (nSPS) is 31.3. The third kappa shape index (κ3) is 2.39. The van der Waals surface area contributed by atoms with Gasteiger partial charge in [-0.3, -0.25) is 4.68 Å². The van der Waals surface area contributed by atoms with Crippen LogP contribution in [0.4, 0.5) is 26.3 Å². The topological polar surface area (TPSA) is 38.1 Å². The molecule has 0 spiro atoms. The highest BCUT2D eigenvalue weighted by atomic mass is 19.4. The minimum absolute atomic E-state index is 0.0485. The first-order valence-electron chi connectivity index (χ1n) is 6.99. The summed E-state index contributed by atoms with van der Waals surface area (Å²) in [6.07, 6.45) is -8.57. The molecule has 9 heteroatoms. The quantitative estimate of drug-likeness (QED) is 0.800. The zero-order chi connectivity index (χ0) is 16.3. The Bertz CT molecular complexity index is 582. The standard InChI is InChI=1S/C13H14F6N2O/c14-6-2-1-3-7(4-6)21-8-5-12(15,16)11(22)9(8)10(20-21)13(17,18)19/h6-7,11,22H,1-5H2/t6-,7+,11-/m0/s1. The molecular weight excluding hydrogens is 314 g/mol. The molecule has 1 fully saturated rings. The van der Waals surface area contributed by atoms with Crippen molar-refractivity contribution in [2.75, 3.05) is 0 Å². The number of aliphatic hydroxyl groups is 1. The molecule has 0 bridgehead atoms. The summed E-state index contributed by atoms with van der Waals surface area (Å²) in [7, 11) is 0. The second-order valence-corrected chi connectivity index (χ2v) is 5.91. The molecule has 0 aromatic carbocycles. The van der Waals surface area contributed by atoms with Gasteiger partial charge in [0.15, 0.2) is 5.69 Å². The lowest BCUT2D eigenvalue weighted by molar-refractivity contribution is -0.146. The van der Waals surface area contributed by atoms with E-state index in [1.165, 1.54) is 0 Å². The van der Waals surface area contributed by atoms with Gasteiger partial charge in [0.1, 0.15) is 12.3 Å². The number of hydrogen-bond acceptors (Lipinski definition) is 2. The second-order valence-electron chi connectivity index (χ2n) is 5.91. The van der Waals surface area contributed by atoms with Gasteiger partial charge in [-0.2, -0.15) is 18.3 Å². The highest BCUT2D eigenvalue weighted by Gasteiger charge is 2.55. The molecule has 1 heterocycles.